The fourth-order valence-corrected chi connectivity index (χ4v) is 0.960. The first kappa shape index (κ1) is 8.99. The predicted molar refractivity (Wildman–Crippen MR) is 45.9 cm³/mol. The summed E-state index contributed by atoms with van der Waals surface area (Å²) in [7, 11) is 0. The second-order valence-electron chi connectivity index (χ2n) is 2.89. The van der Waals surface area contributed by atoms with Gasteiger partial charge < -0.3 is 5.73 Å². The van der Waals surface area contributed by atoms with E-state index in [9.17, 15) is 4.79 Å². The van der Waals surface area contributed by atoms with Gasteiger partial charge in [-0.1, -0.05) is 6.92 Å². The van der Waals surface area contributed by atoms with Crippen LogP contribution in [-0.4, -0.2) is 20.8 Å². The van der Waals surface area contributed by atoms with Gasteiger partial charge in [0, 0.05) is 12.5 Å². The maximum Gasteiger partial charge on any atom is 0.343 e. The zero-order valence-corrected chi connectivity index (χ0v) is 7.37. The Labute approximate surface area is 70.6 Å². The van der Waals surface area contributed by atoms with Crippen LogP contribution in [0.4, 0.5) is 0 Å². The lowest BCUT2D eigenvalue weighted by Crippen LogP contribution is -2.29. The zero-order valence-electron chi connectivity index (χ0n) is 7.37. The molecule has 68 valence electrons. The molecule has 5 nitrogen and oxygen atoms in total. The molecule has 1 aromatic heterocycles. The third-order valence-electron chi connectivity index (χ3n) is 1.52. The molecule has 0 aromatic carbocycles. The van der Waals surface area contributed by atoms with Gasteiger partial charge >= 0.3 is 5.69 Å². The Morgan fingerprint density at radius 2 is 2.42 bits per heavy atom. The lowest BCUT2D eigenvalue weighted by molar-refractivity contribution is 0.520. The van der Waals surface area contributed by atoms with Crippen molar-refractivity contribution in [3.63, 3.8) is 0 Å². The summed E-state index contributed by atoms with van der Waals surface area (Å²) in [5, 5.41) is 4.04. The Morgan fingerprint density at radius 3 is 2.83 bits per heavy atom. The van der Waals surface area contributed by atoms with Crippen molar-refractivity contribution in [1.29, 1.82) is 0 Å². The molecule has 1 aromatic rings. The molecule has 0 aliphatic heterocycles. The van der Waals surface area contributed by atoms with Gasteiger partial charge in [0.25, 0.3) is 0 Å². The van der Waals surface area contributed by atoms with Crippen LogP contribution in [-0.2, 0) is 13.0 Å². The molecule has 5 heteroatoms. The fraction of sp³-hybridized carbons (Fsp3) is 0.714. The van der Waals surface area contributed by atoms with Gasteiger partial charge in [-0.05, 0) is 6.92 Å². The van der Waals surface area contributed by atoms with Crippen LogP contribution in [0.2, 0.25) is 0 Å². The molecular weight excluding hydrogens is 156 g/mol. The molecule has 0 saturated carbocycles. The average molecular weight is 170 g/mol. The number of hydrogen-bond donors (Lipinski definition) is 2. The van der Waals surface area contributed by atoms with Crippen LogP contribution in [0.1, 0.15) is 19.7 Å². The lowest BCUT2D eigenvalue weighted by atomic mass is 10.4. The molecule has 1 rings (SSSR count). The summed E-state index contributed by atoms with van der Waals surface area (Å²) >= 11 is 0. The monoisotopic (exact) mass is 170 g/mol. The van der Waals surface area contributed by atoms with Gasteiger partial charge in [-0.2, -0.15) is 5.10 Å². The molecule has 0 radical (unpaired) electrons. The Balaban J connectivity index is 2.85. The second-order valence-corrected chi connectivity index (χ2v) is 2.89. The second kappa shape index (κ2) is 3.53. The highest BCUT2D eigenvalue weighted by atomic mass is 16.1. The maximum atomic E-state index is 11.1. The van der Waals surface area contributed by atoms with Crippen molar-refractivity contribution in [2.45, 2.75) is 32.9 Å². The summed E-state index contributed by atoms with van der Waals surface area (Å²) in [5.41, 5.74) is 5.35. The minimum atomic E-state index is -0.177. The molecule has 0 spiro atoms. The van der Waals surface area contributed by atoms with E-state index in [1.54, 1.807) is 0 Å². The van der Waals surface area contributed by atoms with Gasteiger partial charge in [0.15, 0.2) is 0 Å². The van der Waals surface area contributed by atoms with Crippen LogP contribution < -0.4 is 11.4 Å². The Kier molecular flexibility index (Phi) is 2.65. The molecule has 0 aliphatic carbocycles. The Hall–Kier alpha value is -1.10. The summed E-state index contributed by atoms with van der Waals surface area (Å²) in [6.45, 7) is 4.25. The van der Waals surface area contributed by atoms with Crippen LogP contribution in [0.3, 0.4) is 0 Å². The van der Waals surface area contributed by atoms with E-state index in [2.05, 4.69) is 10.1 Å². The third-order valence-corrected chi connectivity index (χ3v) is 1.52. The topological polar surface area (TPSA) is 76.7 Å². The first-order valence-electron chi connectivity index (χ1n) is 4.05. The first-order chi connectivity index (χ1) is 5.63. The zero-order chi connectivity index (χ0) is 9.14. The molecule has 1 atom stereocenters. The summed E-state index contributed by atoms with van der Waals surface area (Å²) in [6.07, 6.45) is 0.737. The standard InChI is InChI=1S/C7H14N4O/c1-3-6-9-7(12)11(10-6)4-5(2)8/h5H,3-4,8H2,1-2H3,(H,9,10,12). The quantitative estimate of drug-likeness (QED) is 0.641. The van der Waals surface area contributed by atoms with Crippen molar-refractivity contribution in [3.05, 3.63) is 16.3 Å². The number of aryl methyl sites for hydroxylation is 1. The van der Waals surface area contributed by atoms with E-state index in [1.807, 2.05) is 13.8 Å². The highest BCUT2D eigenvalue weighted by molar-refractivity contribution is 4.81. The van der Waals surface area contributed by atoms with E-state index in [-0.39, 0.29) is 11.7 Å². The highest BCUT2D eigenvalue weighted by Crippen LogP contribution is 1.87. The van der Waals surface area contributed by atoms with E-state index in [4.69, 9.17) is 5.73 Å². The van der Waals surface area contributed by atoms with Crippen molar-refractivity contribution in [2.24, 2.45) is 5.73 Å². The molecule has 0 aliphatic rings. The van der Waals surface area contributed by atoms with E-state index < -0.39 is 0 Å². The van der Waals surface area contributed by atoms with Crippen LogP contribution in [0.25, 0.3) is 0 Å². The number of aromatic amines is 1. The van der Waals surface area contributed by atoms with E-state index in [1.165, 1.54) is 4.68 Å². The summed E-state index contributed by atoms with van der Waals surface area (Å²) in [4.78, 5) is 13.8. The predicted octanol–water partition coefficient (Wildman–Crippen LogP) is -0.519. The minimum absolute atomic E-state index is 0.0456. The van der Waals surface area contributed by atoms with Gasteiger partial charge in [0.05, 0.1) is 6.54 Å². The molecule has 0 saturated heterocycles. The van der Waals surface area contributed by atoms with Gasteiger partial charge in [0.2, 0.25) is 0 Å². The molecular formula is C7H14N4O. The summed E-state index contributed by atoms with van der Waals surface area (Å²) in [6, 6.07) is -0.0456. The van der Waals surface area contributed by atoms with Gasteiger partial charge in [-0.15, -0.1) is 0 Å². The molecule has 0 bridgehead atoms. The number of nitrogens with two attached hydrogens (primary N) is 1. The van der Waals surface area contributed by atoms with Crippen molar-refractivity contribution < 1.29 is 0 Å². The van der Waals surface area contributed by atoms with Crippen molar-refractivity contribution >= 4 is 0 Å². The average Bonchev–Trinajstić information content (AvgIpc) is 2.31. The SMILES string of the molecule is CCc1nn(CC(C)N)c(=O)[nH]1. The van der Waals surface area contributed by atoms with Crippen LogP contribution >= 0.6 is 0 Å². The molecule has 3 N–H and O–H groups in total. The smallest absolute Gasteiger partial charge is 0.326 e. The van der Waals surface area contributed by atoms with Crippen LogP contribution in [0.15, 0.2) is 4.79 Å². The number of nitrogens with one attached hydrogen (secondary N) is 1. The van der Waals surface area contributed by atoms with Gasteiger partial charge in [0.1, 0.15) is 5.82 Å². The Morgan fingerprint density at radius 1 is 1.75 bits per heavy atom. The number of aromatic nitrogens is 3. The molecule has 1 unspecified atom stereocenters. The molecule has 0 amide bonds. The van der Waals surface area contributed by atoms with E-state index in [0.717, 1.165) is 6.42 Å². The van der Waals surface area contributed by atoms with Crippen molar-refractivity contribution in [1.82, 2.24) is 14.8 Å². The van der Waals surface area contributed by atoms with E-state index in [0.29, 0.717) is 12.4 Å². The van der Waals surface area contributed by atoms with Crippen molar-refractivity contribution in [3.8, 4) is 0 Å². The van der Waals surface area contributed by atoms with E-state index >= 15 is 0 Å². The maximum absolute atomic E-state index is 11.1. The molecule has 0 fully saturated rings. The Bertz CT molecular complexity index is 299. The fourth-order valence-electron chi connectivity index (χ4n) is 0.960. The number of nitrogens with zero attached hydrogens (tertiary/aromatic N) is 2. The number of hydrogen-bond acceptors (Lipinski definition) is 3. The number of rotatable bonds is 3. The largest absolute Gasteiger partial charge is 0.343 e. The van der Waals surface area contributed by atoms with Crippen LogP contribution in [0.5, 0.6) is 0 Å². The minimum Gasteiger partial charge on any atom is -0.326 e. The molecule has 12 heavy (non-hydrogen) atoms. The number of H-pyrrole nitrogens is 1. The first-order valence-corrected chi connectivity index (χ1v) is 4.05. The summed E-state index contributed by atoms with van der Waals surface area (Å²) in [5.74, 6) is 0.709. The lowest BCUT2D eigenvalue weighted by Gasteiger charge is -2.01. The summed E-state index contributed by atoms with van der Waals surface area (Å²) < 4.78 is 1.36. The third kappa shape index (κ3) is 1.94. The normalized spacial score (nSPS) is 13.2. The highest BCUT2D eigenvalue weighted by Gasteiger charge is 2.04. The van der Waals surface area contributed by atoms with Gasteiger partial charge in [-0.25, -0.2) is 9.48 Å². The molecule has 1 heterocycles. The van der Waals surface area contributed by atoms with Crippen LogP contribution in [0, 0.1) is 0 Å². The van der Waals surface area contributed by atoms with Crippen molar-refractivity contribution in [2.75, 3.05) is 0 Å². The van der Waals surface area contributed by atoms with Gasteiger partial charge in [-0.3, -0.25) is 4.98 Å².